The van der Waals surface area contributed by atoms with Crippen molar-refractivity contribution in [1.82, 2.24) is 9.80 Å². The van der Waals surface area contributed by atoms with E-state index in [-0.39, 0.29) is 28.6 Å². The Balaban J connectivity index is 3.28. The normalized spacial score (nSPS) is 10.7. The van der Waals surface area contributed by atoms with E-state index in [1.165, 1.54) is 18.2 Å². The fraction of sp³-hybridized carbons (Fsp3) is 0.667. The summed E-state index contributed by atoms with van der Waals surface area (Å²) in [5, 5.41) is 11.5. The molecule has 7 nitrogen and oxygen atoms in total. The van der Waals surface area contributed by atoms with E-state index in [0.29, 0.717) is 26.2 Å². The predicted octanol–water partition coefficient (Wildman–Crippen LogP) is 5.68. The van der Waals surface area contributed by atoms with Gasteiger partial charge < -0.3 is 9.80 Å². The van der Waals surface area contributed by atoms with Gasteiger partial charge in [0.1, 0.15) is 0 Å². The van der Waals surface area contributed by atoms with E-state index >= 15 is 0 Å². The fourth-order valence-electron chi connectivity index (χ4n) is 3.35. The summed E-state index contributed by atoms with van der Waals surface area (Å²) in [4.78, 5) is 40.9. The van der Waals surface area contributed by atoms with Crippen LogP contribution in [0.1, 0.15) is 99.8 Å². The van der Waals surface area contributed by atoms with Gasteiger partial charge in [0.05, 0.1) is 4.92 Å². The lowest BCUT2D eigenvalue weighted by Crippen LogP contribution is -2.34. The van der Waals surface area contributed by atoms with Gasteiger partial charge >= 0.3 is 0 Å². The van der Waals surface area contributed by atoms with Crippen molar-refractivity contribution < 1.29 is 14.5 Å². The second kappa shape index (κ2) is 14.5. The van der Waals surface area contributed by atoms with Gasteiger partial charge in [0, 0.05) is 49.4 Å². The van der Waals surface area contributed by atoms with Crippen LogP contribution in [-0.4, -0.2) is 52.7 Å². The van der Waals surface area contributed by atoms with Gasteiger partial charge in [-0.05, 0) is 31.7 Å². The highest BCUT2D eigenvalue weighted by Crippen LogP contribution is 2.21. The van der Waals surface area contributed by atoms with E-state index in [4.69, 9.17) is 0 Å². The molecule has 0 radical (unpaired) electrons. The van der Waals surface area contributed by atoms with E-state index in [9.17, 15) is 19.7 Å². The summed E-state index contributed by atoms with van der Waals surface area (Å²) in [6, 6.07) is 4.13. The van der Waals surface area contributed by atoms with Gasteiger partial charge in [-0.25, -0.2) is 0 Å². The topological polar surface area (TPSA) is 83.8 Å². The average molecular weight is 434 g/mol. The molecular formula is C24H39N3O4. The molecule has 0 aromatic heterocycles. The van der Waals surface area contributed by atoms with Gasteiger partial charge in [-0.3, -0.25) is 19.7 Å². The minimum absolute atomic E-state index is 0.217. The van der Waals surface area contributed by atoms with E-state index < -0.39 is 4.92 Å². The molecule has 1 aromatic rings. The monoisotopic (exact) mass is 433 g/mol. The van der Waals surface area contributed by atoms with Crippen molar-refractivity contribution in [3.63, 3.8) is 0 Å². The van der Waals surface area contributed by atoms with Crippen LogP contribution in [0.4, 0.5) is 5.69 Å². The molecule has 0 saturated heterocycles. The van der Waals surface area contributed by atoms with Crippen LogP contribution < -0.4 is 0 Å². The van der Waals surface area contributed by atoms with Gasteiger partial charge in [-0.2, -0.15) is 0 Å². The number of hydrogen-bond acceptors (Lipinski definition) is 4. The molecule has 0 aliphatic carbocycles. The van der Waals surface area contributed by atoms with Crippen LogP contribution >= 0.6 is 0 Å². The maximum atomic E-state index is 13.2. The van der Waals surface area contributed by atoms with E-state index in [1.54, 1.807) is 9.80 Å². The molecule has 174 valence electrons. The standard InChI is InChI=1S/C24H39N3O4/c1-5-9-13-25(14-10-6-2)23(28)20-17-21(19-22(18-20)27(30)31)24(29)26(15-11-7-3)16-12-8-4/h17-19H,5-16H2,1-4H3. The van der Waals surface area contributed by atoms with E-state index in [2.05, 4.69) is 27.7 Å². The van der Waals surface area contributed by atoms with Gasteiger partial charge in [0.15, 0.2) is 0 Å². The first-order valence-electron chi connectivity index (χ1n) is 11.8. The average Bonchev–Trinajstić information content (AvgIpc) is 2.78. The first-order chi connectivity index (χ1) is 14.9. The zero-order valence-electron chi connectivity index (χ0n) is 19.7. The number of carbonyl (C=O) groups excluding carboxylic acids is 2. The van der Waals surface area contributed by atoms with E-state index in [0.717, 1.165) is 51.4 Å². The maximum absolute atomic E-state index is 13.2. The van der Waals surface area contributed by atoms with Crippen LogP contribution in [0.25, 0.3) is 0 Å². The second-order valence-corrected chi connectivity index (χ2v) is 8.02. The van der Waals surface area contributed by atoms with Crippen LogP contribution in [0.2, 0.25) is 0 Å². The number of hydrogen-bond donors (Lipinski definition) is 0. The Labute approximate surface area is 186 Å². The van der Waals surface area contributed by atoms with Gasteiger partial charge in [0.25, 0.3) is 17.5 Å². The summed E-state index contributed by atoms with van der Waals surface area (Å²) >= 11 is 0. The molecule has 2 amide bonds. The van der Waals surface area contributed by atoms with Crippen molar-refractivity contribution in [3.8, 4) is 0 Å². The lowest BCUT2D eigenvalue weighted by molar-refractivity contribution is -0.384. The number of unbranched alkanes of at least 4 members (excludes halogenated alkanes) is 4. The molecule has 0 aliphatic rings. The number of carbonyl (C=O) groups is 2. The highest BCUT2D eigenvalue weighted by atomic mass is 16.6. The quantitative estimate of drug-likeness (QED) is 0.263. The molecule has 0 saturated carbocycles. The summed E-state index contributed by atoms with van der Waals surface area (Å²) in [5.41, 5.74) is 0.220. The number of non-ortho nitro benzene ring substituents is 1. The third-order valence-electron chi connectivity index (χ3n) is 5.32. The Morgan fingerprint density at radius 1 is 0.710 bits per heavy atom. The largest absolute Gasteiger partial charge is 0.339 e. The Morgan fingerprint density at radius 3 is 1.29 bits per heavy atom. The van der Waals surface area contributed by atoms with Crippen molar-refractivity contribution in [2.75, 3.05) is 26.2 Å². The molecule has 0 bridgehead atoms. The van der Waals surface area contributed by atoms with Crippen LogP contribution in [0.3, 0.4) is 0 Å². The number of benzene rings is 1. The lowest BCUT2D eigenvalue weighted by atomic mass is 10.1. The second-order valence-electron chi connectivity index (χ2n) is 8.02. The summed E-state index contributed by atoms with van der Waals surface area (Å²) in [6.07, 6.45) is 7.32. The molecule has 0 aliphatic heterocycles. The van der Waals surface area contributed by atoms with Gasteiger partial charge in [-0.1, -0.05) is 53.4 Å². The van der Waals surface area contributed by atoms with Crippen LogP contribution in [0.5, 0.6) is 0 Å². The Hall–Kier alpha value is -2.44. The highest BCUT2D eigenvalue weighted by Gasteiger charge is 2.23. The Kier molecular flexibility index (Phi) is 12.5. The zero-order chi connectivity index (χ0) is 23.2. The van der Waals surface area contributed by atoms with Crippen molar-refractivity contribution >= 4 is 17.5 Å². The van der Waals surface area contributed by atoms with Gasteiger partial charge in [-0.15, -0.1) is 0 Å². The molecular weight excluding hydrogens is 394 g/mol. The Morgan fingerprint density at radius 2 is 1.03 bits per heavy atom. The molecule has 1 rings (SSSR count). The highest BCUT2D eigenvalue weighted by molar-refractivity contribution is 6.00. The SMILES string of the molecule is CCCCN(CCCC)C(=O)c1cc(C(=O)N(CCCC)CCCC)cc([N+](=O)[O-])c1. The third kappa shape index (κ3) is 8.67. The number of rotatable bonds is 15. The third-order valence-corrected chi connectivity index (χ3v) is 5.32. The fourth-order valence-corrected chi connectivity index (χ4v) is 3.35. The maximum Gasteiger partial charge on any atom is 0.271 e. The summed E-state index contributed by atoms with van der Waals surface area (Å²) in [6.45, 7) is 10.7. The summed E-state index contributed by atoms with van der Waals surface area (Å²) in [7, 11) is 0. The molecule has 0 atom stereocenters. The van der Waals surface area contributed by atoms with Gasteiger partial charge in [0.2, 0.25) is 0 Å². The number of nitro benzene ring substituents is 1. The molecule has 7 heteroatoms. The molecule has 0 unspecified atom stereocenters. The zero-order valence-corrected chi connectivity index (χ0v) is 19.7. The van der Waals surface area contributed by atoms with Crippen molar-refractivity contribution in [3.05, 3.63) is 39.4 Å². The molecule has 1 aromatic carbocycles. The smallest absolute Gasteiger partial charge is 0.271 e. The first-order valence-corrected chi connectivity index (χ1v) is 11.8. The number of nitro groups is 1. The van der Waals surface area contributed by atoms with Crippen molar-refractivity contribution in [2.45, 2.75) is 79.1 Å². The Bertz CT molecular complexity index is 655. The molecule has 0 N–H and O–H groups in total. The molecule has 0 heterocycles. The molecule has 0 spiro atoms. The van der Waals surface area contributed by atoms with Crippen molar-refractivity contribution in [1.29, 1.82) is 0 Å². The van der Waals surface area contributed by atoms with E-state index in [1.807, 2.05) is 0 Å². The first kappa shape index (κ1) is 26.6. The van der Waals surface area contributed by atoms with Crippen LogP contribution in [0, 0.1) is 10.1 Å². The van der Waals surface area contributed by atoms with Crippen LogP contribution in [-0.2, 0) is 0 Å². The van der Waals surface area contributed by atoms with Crippen LogP contribution in [0.15, 0.2) is 18.2 Å². The predicted molar refractivity (Wildman–Crippen MR) is 125 cm³/mol. The van der Waals surface area contributed by atoms with Crippen molar-refractivity contribution in [2.24, 2.45) is 0 Å². The summed E-state index contributed by atoms with van der Waals surface area (Å²) < 4.78 is 0. The number of nitrogens with zero attached hydrogens (tertiary/aromatic N) is 3. The molecule has 0 fully saturated rings. The lowest BCUT2D eigenvalue weighted by Gasteiger charge is -2.24. The minimum atomic E-state index is -0.529. The molecule has 31 heavy (non-hydrogen) atoms. The summed E-state index contributed by atoms with van der Waals surface area (Å²) in [5.74, 6) is -0.485. The number of amides is 2. The minimum Gasteiger partial charge on any atom is -0.339 e.